The summed E-state index contributed by atoms with van der Waals surface area (Å²) < 4.78 is 50.7. The summed E-state index contributed by atoms with van der Waals surface area (Å²) in [5.41, 5.74) is 0.531. The van der Waals surface area contributed by atoms with Gasteiger partial charge in [-0.15, -0.1) is 13.2 Å². The van der Waals surface area contributed by atoms with Crippen molar-refractivity contribution in [1.29, 1.82) is 0 Å². The summed E-state index contributed by atoms with van der Waals surface area (Å²) in [7, 11) is 1.14. The van der Waals surface area contributed by atoms with Crippen molar-refractivity contribution in [3.8, 4) is 17.2 Å². The summed E-state index contributed by atoms with van der Waals surface area (Å²) >= 11 is 0. The van der Waals surface area contributed by atoms with Crippen molar-refractivity contribution in [2.45, 2.75) is 6.36 Å². The van der Waals surface area contributed by atoms with Crippen molar-refractivity contribution in [1.82, 2.24) is 0 Å². The molecule has 0 spiro atoms. The minimum atomic E-state index is -4.90. The van der Waals surface area contributed by atoms with Gasteiger partial charge in [0.2, 0.25) is 0 Å². The van der Waals surface area contributed by atoms with Crippen LogP contribution in [0.2, 0.25) is 0 Å². The Morgan fingerprint density at radius 3 is 2.26 bits per heavy atom. The number of carboxylic acid groups (broad SMARTS) is 1. The Labute approximate surface area is 151 Å². The highest BCUT2D eigenvalue weighted by molar-refractivity contribution is 5.92. The highest BCUT2D eigenvalue weighted by Crippen LogP contribution is 2.33. The van der Waals surface area contributed by atoms with E-state index in [2.05, 4.69) is 4.74 Å². The molecule has 0 unspecified atom stereocenters. The fourth-order valence-corrected chi connectivity index (χ4v) is 1.98. The minimum absolute atomic E-state index is 0.0452. The van der Waals surface area contributed by atoms with Gasteiger partial charge in [0.15, 0.2) is 11.5 Å². The number of esters is 1. The van der Waals surface area contributed by atoms with Gasteiger partial charge in [0.1, 0.15) is 5.75 Å². The number of alkyl halides is 3. The molecule has 0 amide bonds. The van der Waals surface area contributed by atoms with Gasteiger partial charge in [-0.1, -0.05) is 12.1 Å². The van der Waals surface area contributed by atoms with Crippen molar-refractivity contribution in [2.75, 3.05) is 7.11 Å². The van der Waals surface area contributed by atoms with Crippen LogP contribution < -0.4 is 14.2 Å². The molecule has 0 radical (unpaired) electrons. The van der Waals surface area contributed by atoms with E-state index in [4.69, 9.17) is 14.6 Å². The van der Waals surface area contributed by atoms with Gasteiger partial charge >= 0.3 is 18.3 Å². The average Bonchev–Trinajstić information content (AvgIpc) is 2.60. The van der Waals surface area contributed by atoms with E-state index in [1.54, 1.807) is 0 Å². The van der Waals surface area contributed by atoms with Crippen molar-refractivity contribution < 1.29 is 42.1 Å². The third-order valence-electron chi connectivity index (χ3n) is 3.13. The van der Waals surface area contributed by atoms with Gasteiger partial charge in [-0.2, -0.15) is 0 Å². The Bertz CT molecular complexity index is 856. The lowest BCUT2D eigenvalue weighted by molar-refractivity contribution is -0.275. The van der Waals surface area contributed by atoms with Gasteiger partial charge in [0.05, 0.1) is 12.7 Å². The van der Waals surface area contributed by atoms with Crippen LogP contribution in [0.25, 0.3) is 6.08 Å². The molecule has 2 aromatic carbocycles. The summed E-state index contributed by atoms with van der Waals surface area (Å²) in [5.74, 6) is -2.62. The summed E-state index contributed by atoms with van der Waals surface area (Å²) in [4.78, 5) is 22.6. The largest absolute Gasteiger partial charge is 0.573 e. The van der Waals surface area contributed by atoms with Crippen molar-refractivity contribution in [2.24, 2.45) is 0 Å². The number of aliphatic carboxylic acids is 1. The molecular weight excluding hydrogens is 369 g/mol. The molecule has 1 N–H and O–H groups in total. The summed E-state index contributed by atoms with van der Waals surface area (Å²) in [6.07, 6.45) is -2.58. The molecule has 0 heterocycles. The second-order valence-corrected chi connectivity index (χ2v) is 5.04. The summed E-state index contributed by atoms with van der Waals surface area (Å²) in [6, 6.07) is 9.06. The lowest BCUT2D eigenvalue weighted by atomic mass is 10.2. The number of rotatable bonds is 6. The molecule has 27 heavy (non-hydrogen) atoms. The lowest BCUT2D eigenvalue weighted by Crippen LogP contribution is -2.18. The number of hydrogen-bond acceptors (Lipinski definition) is 5. The average molecular weight is 382 g/mol. The summed E-state index contributed by atoms with van der Waals surface area (Å²) in [6.45, 7) is 0. The van der Waals surface area contributed by atoms with E-state index in [0.717, 1.165) is 31.4 Å². The van der Waals surface area contributed by atoms with Crippen LogP contribution >= 0.6 is 0 Å². The monoisotopic (exact) mass is 382 g/mol. The maximum absolute atomic E-state index is 12.3. The fourth-order valence-electron chi connectivity index (χ4n) is 1.98. The Morgan fingerprint density at radius 2 is 1.70 bits per heavy atom. The molecule has 0 aromatic heterocycles. The SMILES string of the molecule is COc1cc(C(=O)Oc2ccc(/C=C/C(=O)O)cc2)ccc1OC(F)(F)F. The van der Waals surface area contributed by atoms with Crippen LogP contribution in [0, 0.1) is 0 Å². The smallest absolute Gasteiger partial charge is 0.493 e. The van der Waals surface area contributed by atoms with E-state index < -0.39 is 24.1 Å². The summed E-state index contributed by atoms with van der Waals surface area (Å²) in [5, 5.41) is 8.56. The molecule has 0 aliphatic carbocycles. The topological polar surface area (TPSA) is 82.1 Å². The highest BCUT2D eigenvalue weighted by Gasteiger charge is 2.32. The van der Waals surface area contributed by atoms with Crippen LogP contribution in [0.1, 0.15) is 15.9 Å². The number of carboxylic acids is 1. The number of ether oxygens (including phenoxy) is 3. The van der Waals surface area contributed by atoms with E-state index in [1.807, 2.05) is 0 Å². The zero-order valence-corrected chi connectivity index (χ0v) is 13.8. The standard InChI is InChI=1S/C18H13F3O6/c1-25-15-10-12(5-8-14(15)27-18(19,20)21)17(24)26-13-6-2-11(3-7-13)4-9-16(22)23/h2-10H,1H3,(H,22,23)/b9-4+. The molecule has 0 fully saturated rings. The Morgan fingerprint density at radius 1 is 1.04 bits per heavy atom. The van der Waals surface area contributed by atoms with Crippen LogP contribution in [0.4, 0.5) is 13.2 Å². The van der Waals surface area contributed by atoms with Gasteiger partial charge in [-0.25, -0.2) is 9.59 Å². The minimum Gasteiger partial charge on any atom is -0.493 e. The number of benzene rings is 2. The second kappa shape index (κ2) is 8.26. The maximum Gasteiger partial charge on any atom is 0.573 e. The van der Waals surface area contributed by atoms with Crippen LogP contribution in [0.5, 0.6) is 17.2 Å². The number of carbonyl (C=O) groups excluding carboxylic acids is 1. The Balaban J connectivity index is 2.12. The molecule has 0 aliphatic heterocycles. The molecule has 0 saturated heterocycles. The Kier molecular flexibility index (Phi) is 6.07. The second-order valence-electron chi connectivity index (χ2n) is 5.04. The maximum atomic E-state index is 12.3. The van der Waals surface area contributed by atoms with E-state index in [-0.39, 0.29) is 17.1 Å². The lowest BCUT2D eigenvalue weighted by Gasteiger charge is -2.13. The molecule has 0 saturated carbocycles. The molecule has 9 heteroatoms. The molecule has 2 aromatic rings. The van der Waals surface area contributed by atoms with Gasteiger partial charge in [0, 0.05) is 6.08 Å². The number of hydrogen-bond donors (Lipinski definition) is 1. The number of methoxy groups -OCH3 is 1. The molecule has 0 aliphatic rings. The molecule has 142 valence electrons. The highest BCUT2D eigenvalue weighted by atomic mass is 19.4. The van der Waals surface area contributed by atoms with Crippen molar-refractivity contribution in [3.63, 3.8) is 0 Å². The molecule has 6 nitrogen and oxygen atoms in total. The third kappa shape index (κ3) is 6.07. The van der Waals surface area contributed by atoms with Crippen LogP contribution in [0.3, 0.4) is 0 Å². The number of carbonyl (C=O) groups is 2. The molecule has 0 atom stereocenters. The Hall–Kier alpha value is -3.49. The first-order valence-electron chi connectivity index (χ1n) is 7.35. The van der Waals surface area contributed by atoms with E-state index >= 15 is 0 Å². The van der Waals surface area contributed by atoms with Crippen LogP contribution in [0.15, 0.2) is 48.5 Å². The van der Waals surface area contributed by atoms with Crippen LogP contribution in [-0.2, 0) is 4.79 Å². The van der Waals surface area contributed by atoms with E-state index in [0.29, 0.717) is 5.56 Å². The fraction of sp³-hybridized carbons (Fsp3) is 0.111. The first kappa shape index (κ1) is 19.8. The molecule has 2 rings (SSSR count). The van der Waals surface area contributed by atoms with Crippen molar-refractivity contribution in [3.05, 3.63) is 59.7 Å². The first-order valence-corrected chi connectivity index (χ1v) is 7.35. The zero-order chi connectivity index (χ0) is 20.0. The molecule has 0 bridgehead atoms. The zero-order valence-electron chi connectivity index (χ0n) is 13.8. The van der Waals surface area contributed by atoms with E-state index in [9.17, 15) is 22.8 Å². The van der Waals surface area contributed by atoms with Gasteiger partial charge < -0.3 is 19.3 Å². The number of halogens is 3. The molecular formula is C18H13F3O6. The van der Waals surface area contributed by atoms with Gasteiger partial charge in [-0.05, 0) is 42.0 Å². The van der Waals surface area contributed by atoms with Crippen molar-refractivity contribution >= 4 is 18.0 Å². The van der Waals surface area contributed by atoms with Crippen LogP contribution in [-0.4, -0.2) is 30.5 Å². The predicted molar refractivity (Wildman–Crippen MR) is 87.7 cm³/mol. The van der Waals surface area contributed by atoms with Gasteiger partial charge in [-0.3, -0.25) is 0 Å². The van der Waals surface area contributed by atoms with Gasteiger partial charge in [0.25, 0.3) is 0 Å². The predicted octanol–water partition coefficient (Wildman–Crippen LogP) is 3.91. The quantitative estimate of drug-likeness (QED) is 0.463. The normalized spacial score (nSPS) is 11.3. The first-order chi connectivity index (χ1) is 12.7. The van der Waals surface area contributed by atoms with E-state index in [1.165, 1.54) is 30.3 Å². The third-order valence-corrected chi connectivity index (χ3v) is 3.13.